The Morgan fingerprint density at radius 2 is 2.40 bits per heavy atom. The molecule has 2 heterocycles. The molecular formula is C11H17N3O. The fraction of sp³-hybridized carbons (Fsp3) is 0.545. The van der Waals surface area contributed by atoms with Gasteiger partial charge >= 0.3 is 0 Å². The summed E-state index contributed by atoms with van der Waals surface area (Å²) in [5.74, 6) is 0.976. The minimum absolute atomic E-state index is 0.424. The Labute approximate surface area is 90.3 Å². The van der Waals surface area contributed by atoms with Crippen molar-refractivity contribution in [1.29, 1.82) is 0 Å². The lowest BCUT2D eigenvalue weighted by Crippen LogP contribution is -2.21. The van der Waals surface area contributed by atoms with Crippen molar-refractivity contribution in [2.24, 2.45) is 0 Å². The molecule has 1 aliphatic heterocycles. The summed E-state index contributed by atoms with van der Waals surface area (Å²) in [6.45, 7) is 1.65. The Balaban J connectivity index is 2.12. The van der Waals surface area contributed by atoms with Crippen LogP contribution in [0.1, 0.15) is 6.42 Å². The van der Waals surface area contributed by atoms with Gasteiger partial charge in [-0.3, -0.25) is 0 Å². The topological polar surface area (TPSA) is 37.4 Å². The van der Waals surface area contributed by atoms with E-state index < -0.39 is 0 Å². The van der Waals surface area contributed by atoms with Gasteiger partial charge in [0, 0.05) is 26.9 Å². The second-order valence-corrected chi connectivity index (χ2v) is 3.97. The zero-order valence-corrected chi connectivity index (χ0v) is 9.23. The molecule has 1 aromatic heterocycles. The molecule has 82 valence electrons. The summed E-state index contributed by atoms with van der Waals surface area (Å²) in [6.07, 6.45) is 2.88. The van der Waals surface area contributed by atoms with Crippen LogP contribution in [0.2, 0.25) is 0 Å². The third kappa shape index (κ3) is 2.39. The van der Waals surface area contributed by atoms with Crippen LogP contribution in [-0.2, 0) is 4.74 Å². The first kappa shape index (κ1) is 10.2. The summed E-state index contributed by atoms with van der Waals surface area (Å²) in [5.41, 5.74) is 1.08. The van der Waals surface area contributed by atoms with Crippen LogP contribution < -0.4 is 10.2 Å². The molecule has 1 N–H and O–H groups in total. The SMILES string of the molecule is CN(C)c1ncccc1NC1CCOC1. The Hall–Kier alpha value is -1.29. The molecule has 1 unspecified atom stereocenters. The lowest BCUT2D eigenvalue weighted by atomic mass is 10.2. The zero-order valence-electron chi connectivity index (χ0n) is 9.23. The molecule has 1 aromatic rings. The summed E-state index contributed by atoms with van der Waals surface area (Å²) in [6, 6.07) is 4.43. The zero-order chi connectivity index (χ0) is 10.7. The number of pyridine rings is 1. The van der Waals surface area contributed by atoms with Gasteiger partial charge in [-0.25, -0.2) is 4.98 Å². The molecule has 0 spiro atoms. The van der Waals surface area contributed by atoms with Crippen molar-refractivity contribution in [2.45, 2.75) is 12.5 Å². The number of anilines is 2. The molecule has 0 saturated carbocycles. The van der Waals surface area contributed by atoms with Crippen LogP contribution in [0.5, 0.6) is 0 Å². The van der Waals surface area contributed by atoms with E-state index in [-0.39, 0.29) is 0 Å². The molecule has 4 nitrogen and oxygen atoms in total. The van der Waals surface area contributed by atoms with Gasteiger partial charge in [-0.1, -0.05) is 0 Å². The minimum atomic E-state index is 0.424. The number of nitrogens with one attached hydrogen (secondary N) is 1. The largest absolute Gasteiger partial charge is 0.379 e. The van der Waals surface area contributed by atoms with Crippen LogP contribution in [-0.4, -0.2) is 38.3 Å². The minimum Gasteiger partial charge on any atom is -0.379 e. The quantitative estimate of drug-likeness (QED) is 0.811. The standard InChI is InChI=1S/C11H17N3O/c1-14(2)11-10(4-3-6-12-11)13-9-5-7-15-8-9/h3-4,6,9,13H,5,7-8H2,1-2H3. The molecule has 2 rings (SSSR count). The van der Waals surface area contributed by atoms with Crippen LogP contribution in [0.25, 0.3) is 0 Å². The number of hydrogen-bond acceptors (Lipinski definition) is 4. The van der Waals surface area contributed by atoms with Gasteiger partial charge in [0.15, 0.2) is 5.82 Å². The van der Waals surface area contributed by atoms with Crippen molar-refractivity contribution < 1.29 is 4.74 Å². The molecule has 15 heavy (non-hydrogen) atoms. The van der Waals surface area contributed by atoms with Gasteiger partial charge in [0.2, 0.25) is 0 Å². The molecule has 0 radical (unpaired) electrons. The summed E-state index contributed by atoms with van der Waals surface area (Å²) in [4.78, 5) is 6.35. The maximum absolute atomic E-state index is 5.33. The van der Waals surface area contributed by atoms with Gasteiger partial charge in [0.05, 0.1) is 18.3 Å². The van der Waals surface area contributed by atoms with Gasteiger partial charge in [-0.05, 0) is 18.6 Å². The van der Waals surface area contributed by atoms with Crippen molar-refractivity contribution in [3.63, 3.8) is 0 Å². The maximum atomic E-state index is 5.33. The lowest BCUT2D eigenvalue weighted by molar-refractivity contribution is 0.195. The van der Waals surface area contributed by atoms with Crippen molar-refractivity contribution in [2.75, 3.05) is 37.5 Å². The Kier molecular flexibility index (Phi) is 3.06. The maximum Gasteiger partial charge on any atom is 0.151 e. The predicted molar refractivity (Wildman–Crippen MR) is 61.4 cm³/mol. The highest BCUT2D eigenvalue weighted by atomic mass is 16.5. The van der Waals surface area contributed by atoms with E-state index in [2.05, 4.69) is 16.4 Å². The molecule has 1 aliphatic rings. The molecule has 0 bridgehead atoms. The number of hydrogen-bond donors (Lipinski definition) is 1. The van der Waals surface area contributed by atoms with E-state index in [0.29, 0.717) is 6.04 Å². The van der Waals surface area contributed by atoms with Crippen LogP contribution in [0.15, 0.2) is 18.3 Å². The third-order valence-corrected chi connectivity index (χ3v) is 2.50. The second kappa shape index (κ2) is 4.49. The van der Waals surface area contributed by atoms with Crippen LogP contribution in [0.3, 0.4) is 0 Å². The fourth-order valence-corrected chi connectivity index (χ4v) is 1.73. The predicted octanol–water partition coefficient (Wildman–Crippen LogP) is 1.35. The highest BCUT2D eigenvalue weighted by molar-refractivity contribution is 5.65. The number of ether oxygens (including phenoxy) is 1. The second-order valence-electron chi connectivity index (χ2n) is 3.97. The van der Waals surface area contributed by atoms with E-state index in [4.69, 9.17) is 4.74 Å². The number of aromatic nitrogens is 1. The van der Waals surface area contributed by atoms with E-state index in [9.17, 15) is 0 Å². The molecule has 4 heteroatoms. The molecule has 1 fully saturated rings. The van der Waals surface area contributed by atoms with Crippen molar-refractivity contribution in [3.8, 4) is 0 Å². The highest BCUT2D eigenvalue weighted by Crippen LogP contribution is 2.22. The van der Waals surface area contributed by atoms with Crippen molar-refractivity contribution in [3.05, 3.63) is 18.3 Å². The molecule has 0 aliphatic carbocycles. The average Bonchev–Trinajstić information content (AvgIpc) is 2.71. The van der Waals surface area contributed by atoms with E-state index in [0.717, 1.165) is 31.1 Å². The molecule has 0 aromatic carbocycles. The van der Waals surface area contributed by atoms with E-state index in [1.165, 1.54) is 0 Å². The van der Waals surface area contributed by atoms with Crippen molar-refractivity contribution in [1.82, 2.24) is 4.98 Å². The van der Waals surface area contributed by atoms with Gasteiger partial charge < -0.3 is 15.0 Å². The highest BCUT2D eigenvalue weighted by Gasteiger charge is 2.16. The number of rotatable bonds is 3. The smallest absolute Gasteiger partial charge is 0.151 e. The van der Waals surface area contributed by atoms with Gasteiger partial charge in [0.25, 0.3) is 0 Å². The normalized spacial score (nSPS) is 20.3. The monoisotopic (exact) mass is 207 g/mol. The van der Waals surface area contributed by atoms with E-state index in [1.807, 2.05) is 31.3 Å². The van der Waals surface area contributed by atoms with Crippen LogP contribution in [0.4, 0.5) is 11.5 Å². The molecule has 1 saturated heterocycles. The van der Waals surface area contributed by atoms with E-state index in [1.54, 1.807) is 0 Å². The number of nitrogens with zero attached hydrogens (tertiary/aromatic N) is 2. The first-order valence-electron chi connectivity index (χ1n) is 5.24. The van der Waals surface area contributed by atoms with Crippen LogP contribution in [0, 0.1) is 0 Å². The van der Waals surface area contributed by atoms with Crippen LogP contribution >= 0.6 is 0 Å². The van der Waals surface area contributed by atoms with Crippen molar-refractivity contribution >= 4 is 11.5 Å². The summed E-state index contributed by atoms with van der Waals surface area (Å²) < 4.78 is 5.33. The summed E-state index contributed by atoms with van der Waals surface area (Å²) >= 11 is 0. The molecule has 0 amide bonds. The third-order valence-electron chi connectivity index (χ3n) is 2.50. The Morgan fingerprint density at radius 1 is 1.53 bits per heavy atom. The first-order valence-corrected chi connectivity index (χ1v) is 5.24. The summed E-state index contributed by atoms with van der Waals surface area (Å²) in [5, 5.41) is 3.46. The lowest BCUT2D eigenvalue weighted by Gasteiger charge is -2.19. The molecule has 1 atom stereocenters. The van der Waals surface area contributed by atoms with Gasteiger partial charge in [-0.15, -0.1) is 0 Å². The Morgan fingerprint density at radius 3 is 3.07 bits per heavy atom. The molecular weight excluding hydrogens is 190 g/mol. The van der Waals surface area contributed by atoms with Gasteiger partial charge in [0.1, 0.15) is 0 Å². The average molecular weight is 207 g/mol. The summed E-state index contributed by atoms with van der Waals surface area (Å²) in [7, 11) is 4.00. The van der Waals surface area contributed by atoms with E-state index >= 15 is 0 Å². The Bertz CT molecular complexity index is 321. The first-order chi connectivity index (χ1) is 7.27. The van der Waals surface area contributed by atoms with Gasteiger partial charge in [-0.2, -0.15) is 0 Å². The fourth-order valence-electron chi connectivity index (χ4n) is 1.73.